The monoisotopic (exact) mass is 437 g/mol. The molecule has 0 fully saturated rings. The number of rotatable bonds is 3. The third kappa shape index (κ3) is 4.07. The summed E-state index contributed by atoms with van der Waals surface area (Å²) in [5, 5.41) is 0.133. The highest BCUT2D eigenvalue weighted by Crippen LogP contribution is 2.40. The summed E-state index contributed by atoms with van der Waals surface area (Å²) in [6.07, 6.45) is 2.75. The Bertz CT molecular complexity index is 1320. The maximum Gasteiger partial charge on any atom is 0.268 e. The minimum absolute atomic E-state index is 0.0872. The largest absolute Gasteiger partial charge is 0.364 e. The SMILES string of the molecule is CC(C)(C)c1ccc(-c2cc(=O)c3c(C(N)=O)nccc3[nH]2)c(C2=CCC(F)(F)CC2)c1. The van der Waals surface area contributed by atoms with Crippen molar-refractivity contribution in [3.8, 4) is 11.3 Å². The van der Waals surface area contributed by atoms with Crippen molar-refractivity contribution in [3.05, 3.63) is 69.6 Å². The van der Waals surface area contributed by atoms with Crippen LogP contribution in [0.4, 0.5) is 8.78 Å². The number of benzene rings is 1. The highest BCUT2D eigenvalue weighted by molar-refractivity contribution is 6.03. The number of hydrogen-bond donors (Lipinski definition) is 2. The van der Waals surface area contributed by atoms with E-state index in [1.807, 2.05) is 18.2 Å². The molecule has 1 amide bonds. The number of primary amides is 1. The van der Waals surface area contributed by atoms with Crippen LogP contribution in [-0.2, 0) is 5.41 Å². The van der Waals surface area contributed by atoms with Crippen LogP contribution in [0, 0.1) is 0 Å². The Morgan fingerprint density at radius 1 is 1.16 bits per heavy atom. The molecule has 0 saturated carbocycles. The van der Waals surface area contributed by atoms with E-state index in [2.05, 4.69) is 30.7 Å². The van der Waals surface area contributed by atoms with Crippen molar-refractivity contribution in [2.75, 3.05) is 0 Å². The molecule has 0 atom stereocenters. The zero-order chi connectivity index (χ0) is 23.3. The van der Waals surface area contributed by atoms with Crippen molar-refractivity contribution in [1.82, 2.24) is 9.97 Å². The summed E-state index contributed by atoms with van der Waals surface area (Å²) in [5.74, 6) is -3.47. The molecule has 0 saturated heterocycles. The van der Waals surface area contributed by atoms with E-state index in [1.165, 1.54) is 12.3 Å². The van der Waals surface area contributed by atoms with Gasteiger partial charge in [0.1, 0.15) is 5.69 Å². The minimum Gasteiger partial charge on any atom is -0.364 e. The van der Waals surface area contributed by atoms with Crippen molar-refractivity contribution >= 4 is 22.4 Å². The number of alkyl halides is 2. The molecule has 5 nitrogen and oxygen atoms in total. The first kappa shape index (κ1) is 21.9. The Labute approximate surface area is 184 Å². The second kappa shape index (κ2) is 7.65. The van der Waals surface area contributed by atoms with Gasteiger partial charge in [0, 0.05) is 30.7 Å². The third-order valence-corrected chi connectivity index (χ3v) is 5.90. The lowest BCUT2D eigenvalue weighted by atomic mass is 9.81. The number of aromatic nitrogens is 2. The molecule has 1 aliphatic rings. The molecule has 4 rings (SSSR count). The van der Waals surface area contributed by atoms with Gasteiger partial charge in [-0.1, -0.05) is 45.0 Å². The molecule has 0 radical (unpaired) electrons. The lowest BCUT2D eigenvalue weighted by molar-refractivity contribution is -0.00603. The summed E-state index contributed by atoms with van der Waals surface area (Å²) < 4.78 is 27.6. The summed E-state index contributed by atoms with van der Waals surface area (Å²) >= 11 is 0. The average Bonchev–Trinajstić information content (AvgIpc) is 2.72. The van der Waals surface area contributed by atoms with Crippen LogP contribution in [0.15, 0.2) is 47.4 Å². The maximum absolute atomic E-state index is 13.8. The number of amides is 1. The summed E-state index contributed by atoms with van der Waals surface area (Å²) in [4.78, 5) is 31.8. The number of nitrogens with zero attached hydrogens (tertiary/aromatic N) is 1. The molecule has 0 bridgehead atoms. The number of pyridine rings is 2. The van der Waals surface area contributed by atoms with Gasteiger partial charge in [-0.2, -0.15) is 0 Å². The van der Waals surface area contributed by atoms with Crippen molar-refractivity contribution < 1.29 is 13.6 Å². The van der Waals surface area contributed by atoms with Gasteiger partial charge in [-0.15, -0.1) is 0 Å². The molecule has 7 heteroatoms. The van der Waals surface area contributed by atoms with Gasteiger partial charge in [0.25, 0.3) is 11.8 Å². The number of aromatic amines is 1. The third-order valence-electron chi connectivity index (χ3n) is 5.90. The fourth-order valence-corrected chi connectivity index (χ4v) is 4.08. The van der Waals surface area contributed by atoms with Crippen LogP contribution in [0.3, 0.4) is 0 Å². The lowest BCUT2D eigenvalue weighted by Crippen LogP contribution is -2.19. The molecule has 0 aliphatic heterocycles. The Kier molecular flexibility index (Phi) is 5.23. The van der Waals surface area contributed by atoms with E-state index in [9.17, 15) is 18.4 Å². The first-order valence-electron chi connectivity index (χ1n) is 10.5. The summed E-state index contributed by atoms with van der Waals surface area (Å²) in [7, 11) is 0. The predicted molar refractivity (Wildman–Crippen MR) is 122 cm³/mol. The fraction of sp³-hybridized carbons (Fsp3) is 0.320. The summed E-state index contributed by atoms with van der Waals surface area (Å²) in [5.41, 5.74) is 9.22. The van der Waals surface area contributed by atoms with E-state index >= 15 is 0 Å². The van der Waals surface area contributed by atoms with Gasteiger partial charge in [0.05, 0.1) is 16.6 Å². The minimum atomic E-state index is -2.69. The van der Waals surface area contributed by atoms with E-state index in [-0.39, 0.29) is 41.2 Å². The Balaban J connectivity index is 1.94. The Morgan fingerprint density at radius 3 is 2.53 bits per heavy atom. The summed E-state index contributed by atoms with van der Waals surface area (Å²) in [6, 6.07) is 8.94. The lowest BCUT2D eigenvalue weighted by Gasteiger charge is -2.26. The van der Waals surface area contributed by atoms with Crippen molar-refractivity contribution in [3.63, 3.8) is 0 Å². The number of H-pyrrole nitrogens is 1. The predicted octanol–water partition coefficient (Wildman–Crippen LogP) is 5.19. The van der Waals surface area contributed by atoms with Crippen molar-refractivity contribution in [2.24, 2.45) is 5.73 Å². The van der Waals surface area contributed by atoms with Crippen molar-refractivity contribution in [1.29, 1.82) is 0 Å². The van der Waals surface area contributed by atoms with Gasteiger partial charge >= 0.3 is 0 Å². The van der Waals surface area contributed by atoms with Crippen LogP contribution in [0.2, 0.25) is 0 Å². The number of carbonyl (C=O) groups is 1. The molecule has 1 aromatic carbocycles. The van der Waals surface area contributed by atoms with E-state index in [0.717, 1.165) is 22.3 Å². The molecular formula is C25H25F2N3O2. The maximum atomic E-state index is 13.8. The molecule has 0 unspecified atom stereocenters. The molecule has 0 spiro atoms. The zero-order valence-corrected chi connectivity index (χ0v) is 18.3. The standard InChI is InChI=1S/C25H25F2N3O2/c1-24(2,3)15-4-5-16(17(12-15)14-6-9-25(26,27)10-7-14)19-13-20(31)21-18(30-19)8-11-29-22(21)23(28)32/h4-6,8,11-13H,7,9-10H2,1-3H3,(H2,28,32)(H,30,31). The van der Waals surface area contributed by atoms with Crippen LogP contribution in [0.5, 0.6) is 0 Å². The topological polar surface area (TPSA) is 88.8 Å². The molecule has 3 N–H and O–H groups in total. The molecule has 2 aromatic heterocycles. The fourth-order valence-electron chi connectivity index (χ4n) is 4.08. The van der Waals surface area contributed by atoms with Gasteiger partial charge in [-0.05, 0) is 34.6 Å². The van der Waals surface area contributed by atoms with Crippen LogP contribution in [-0.4, -0.2) is 21.8 Å². The van der Waals surface area contributed by atoms with E-state index in [4.69, 9.17) is 5.73 Å². The van der Waals surface area contributed by atoms with Crippen molar-refractivity contribution in [2.45, 2.75) is 51.4 Å². The molecule has 2 heterocycles. The van der Waals surface area contributed by atoms with Gasteiger partial charge in [0.2, 0.25) is 0 Å². The van der Waals surface area contributed by atoms with Crippen LogP contribution >= 0.6 is 0 Å². The highest BCUT2D eigenvalue weighted by atomic mass is 19.3. The zero-order valence-electron chi connectivity index (χ0n) is 18.3. The highest BCUT2D eigenvalue weighted by Gasteiger charge is 2.32. The van der Waals surface area contributed by atoms with E-state index in [1.54, 1.807) is 12.1 Å². The number of halogens is 2. The Morgan fingerprint density at radius 2 is 1.91 bits per heavy atom. The number of fused-ring (bicyclic) bond motifs is 1. The molecule has 3 aromatic rings. The van der Waals surface area contributed by atoms with Crippen LogP contribution in [0.1, 0.15) is 61.6 Å². The van der Waals surface area contributed by atoms with Crippen LogP contribution < -0.4 is 11.2 Å². The molecule has 166 valence electrons. The summed E-state index contributed by atoms with van der Waals surface area (Å²) in [6.45, 7) is 6.27. The number of hydrogen-bond acceptors (Lipinski definition) is 3. The van der Waals surface area contributed by atoms with Gasteiger partial charge in [-0.25, -0.2) is 8.78 Å². The second-order valence-corrected chi connectivity index (χ2v) is 9.29. The van der Waals surface area contributed by atoms with Gasteiger partial charge in [-0.3, -0.25) is 14.6 Å². The van der Waals surface area contributed by atoms with Gasteiger partial charge in [0.15, 0.2) is 5.43 Å². The van der Waals surface area contributed by atoms with E-state index in [0.29, 0.717) is 11.2 Å². The molecule has 32 heavy (non-hydrogen) atoms. The number of carbonyl (C=O) groups excluding carboxylic acids is 1. The van der Waals surface area contributed by atoms with E-state index < -0.39 is 11.8 Å². The normalized spacial score (nSPS) is 16.1. The second-order valence-electron chi connectivity index (χ2n) is 9.29. The molecular weight excluding hydrogens is 412 g/mol. The number of nitrogens with two attached hydrogens (primary N) is 1. The quantitative estimate of drug-likeness (QED) is 0.591. The smallest absolute Gasteiger partial charge is 0.268 e. The van der Waals surface area contributed by atoms with Crippen LogP contribution in [0.25, 0.3) is 27.7 Å². The van der Waals surface area contributed by atoms with Gasteiger partial charge < -0.3 is 10.7 Å². The number of nitrogens with one attached hydrogen (secondary N) is 1. The first-order chi connectivity index (χ1) is 15.0. The Hall–Kier alpha value is -3.35. The first-order valence-corrected chi connectivity index (χ1v) is 10.5. The average molecular weight is 437 g/mol. The number of allylic oxidation sites excluding steroid dienone is 2. The molecule has 1 aliphatic carbocycles.